The summed E-state index contributed by atoms with van der Waals surface area (Å²) in [4.78, 5) is 0. The van der Waals surface area contributed by atoms with Crippen molar-refractivity contribution >= 4 is 15.9 Å². The monoisotopic (exact) mass is 338 g/mol. The molecule has 1 aromatic carbocycles. The minimum atomic E-state index is -4.40. The molecule has 1 rings (SSSR count). The zero-order valence-corrected chi connectivity index (χ0v) is 12.8. The molecule has 1 aromatic rings. The van der Waals surface area contributed by atoms with Gasteiger partial charge in [-0.3, -0.25) is 0 Å². The Kier molecular flexibility index (Phi) is 5.71. The van der Waals surface area contributed by atoms with Gasteiger partial charge in [-0.2, -0.15) is 13.2 Å². The molecule has 0 N–H and O–H groups in total. The average molecular weight is 339 g/mol. The molecule has 5 heteroatoms. The number of alkyl halides is 3. The molecule has 0 aromatic heterocycles. The van der Waals surface area contributed by atoms with Gasteiger partial charge in [-0.05, 0) is 36.5 Å². The standard InChI is InChI=1S/C14H18BrF3O/c1-9(2)6-10(3)8-19-13-5-4-11(15)7-12(13)14(16,17)18/h4-5,7,9-10H,6,8H2,1-3H3. The zero-order chi connectivity index (χ0) is 14.6. The summed E-state index contributed by atoms with van der Waals surface area (Å²) in [7, 11) is 0. The van der Waals surface area contributed by atoms with E-state index in [-0.39, 0.29) is 11.7 Å². The van der Waals surface area contributed by atoms with Gasteiger partial charge in [0.05, 0.1) is 12.2 Å². The van der Waals surface area contributed by atoms with E-state index >= 15 is 0 Å². The van der Waals surface area contributed by atoms with Crippen LogP contribution in [0, 0.1) is 11.8 Å². The Morgan fingerprint density at radius 2 is 1.84 bits per heavy atom. The van der Waals surface area contributed by atoms with E-state index < -0.39 is 11.7 Å². The molecule has 0 amide bonds. The number of rotatable bonds is 5. The summed E-state index contributed by atoms with van der Waals surface area (Å²) in [5, 5.41) is 0. The lowest BCUT2D eigenvalue weighted by atomic mass is 10.00. The van der Waals surface area contributed by atoms with Crippen LogP contribution in [0.25, 0.3) is 0 Å². The van der Waals surface area contributed by atoms with Gasteiger partial charge in [-0.15, -0.1) is 0 Å². The molecule has 0 aliphatic heterocycles. The Bertz CT molecular complexity index is 416. The van der Waals surface area contributed by atoms with Crippen molar-refractivity contribution in [3.63, 3.8) is 0 Å². The SMILES string of the molecule is CC(C)CC(C)COc1ccc(Br)cc1C(F)(F)F. The van der Waals surface area contributed by atoms with Crippen LogP contribution in [0.4, 0.5) is 13.2 Å². The van der Waals surface area contributed by atoms with Crippen molar-refractivity contribution in [3.8, 4) is 5.75 Å². The van der Waals surface area contributed by atoms with Crippen LogP contribution in [0.2, 0.25) is 0 Å². The molecule has 19 heavy (non-hydrogen) atoms. The maximum Gasteiger partial charge on any atom is 0.420 e. The molecule has 0 aliphatic rings. The van der Waals surface area contributed by atoms with Crippen LogP contribution >= 0.6 is 15.9 Å². The molecule has 0 bridgehead atoms. The predicted molar refractivity (Wildman–Crippen MR) is 73.3 cm³/mol. The summed E-state index contributed by atoms with van der Waals surface area (Å²) < 4.78 is 44.3. The second-order valence-electron chi connectivity index (χ2n) is 5.18. The van der Waals surface area contributed by atoms with Gasteiger partial charge in [0, 0.05) is 4.47 Å². The minimum absolute atomic E-state index is 0.105. The Labute approximate surface area is 120 Å². The van der Waals surface area contributed by atoms with Gasteiger partial charge in [0.25, 0.3) is 0 Å². The number of halogens is 4. The van der Waals surface area contributed by atoms with Gasteiger partial charge in [0.15, 0.2) is 0 Å². The molecular formula is C14H18BrF3O. The Balaban J connectivity index is 2.78. The fourth-order valence-electron chi connectivity index (χ4n) is 1.95. The van der Waals surface area contributed by atoms with E-state index in [0.717, 1.165) is 12.5 Å². The van der Waals surface area contributed by atoms with Crippen molar-refractivity contribution in [2.24, 2.45) is 11.8 Å². The summed E-state index contributed by atoms with van der Waals surface area (Å²) in [5.41, 5.74) is -0.737. The first-order chi connectivity index (χ1) is 8.70. The minimum Gasteiger partial charge on any atom is -0.493 e. The Hall–Kier alpha value is -0.710. The lowest BCUT2D eigenvalue weighted by Crippen LogP contribution is -2.14. The number of ether oxygens (including phenoxy) is 1. The fraction of sp³-hybridized carbons (Fsp3) is 0.571. The van der Waals surface area contributed by atoms with Crippen molar-refractivity contribution in [2.75, 3.05) is 6.61 Å². The summed E-state index contributed by atoms with van der Waals surface area (Å²) in [6, 6.07) is 3.95. The summed E-state index contributed by atoms with van der Waals surface area (Å²) in [6.07, 6.45) is -3.47. The van der Waals surface area contributed by atoms with E-state index in [2.05, 4.69) is 29.8 Å². The molecule has 1 atom stereocenters. The zero-order valence-electron chi connectivity index (χ0n) is 11.2. The number of benzene rings is 1. The largest absolute Gasteiger partial charge is 0.493 e. The molecule has 0 saturated carbocycles. The first-order valence-electron chi connectivity index (χ1n) is 6.19. The number of hydrogen-bond donors (Lipinski definition) is 0. The van der Waals surface area contributed by atoms with Crippen LogP contribution in [-0.4, -0.2) is 6.61 Å². The number of hydrogen-bond acceptors (Lipinski definition) is 1. The smallest absolute Gasteiger partial charge is 0.420 e. The van der Waals surface area contributed by atoms with Gasteiger partial charge < -0.3 is 4.74 Å². The molecule has 0 fully saturated rings. The van der Waals surface area contributed by atoms with Crippen molar-refractivity contribution in [1.29, 1.82) is 0 Å². The van der Waals surface area contributed by atoms with Crippen LogP contribution < -0.4 is 4.74 Å². The molecule has 1 unspecified atom stereocenters. The first-order valence-corrected chi connectivity index (χ1v) is 6.99. The molecule has 0 aliphatic carbocycles. The molecule has 0 spiro atoms. The summed E-state index contributed by atoms with van der Waals surface area (Å²) in [6.45, 7) is 6.43. The van der Waals surface area contributed by atoms with E-state index in [4.69, 9.17) is 4.74 Å². The van der Waals surface area contributed by atoms with Crippen molar-refractivity contribution < 1.29 is 17.9 Å². The van der Waals surface area contributed by atoms with Gasteiger partial charge in [-0.25, -0.2) is 0 Å². The second kappa shape index (κ2) is 6.64. The van der Waals surface area contributed by atoms with E-state index in [0.29, 0.717) is 17.0 Å². The summed E-state index contributed by atoms with van der Waals surface area (Å²) in [5.74, 6) is 0.627. The second-order valence-corrected chi connectivity index (χ2v) is 6.10. The van der Waals surface area contributed by atoms with Crippen LogP contribution in [-0.2, 0) is 6.18 Å². The highest BCUT2D eigenvalue weighted by molar-refractivity contribution is 9.10. The quantitative estimate of drug-likeness (QED) is 0.685. The van der Waals surface area contributed by atoms with Crippen LogP contribution in [0.3, 0.4) is 0 Å². The lowest BCUT2D eigenvalue weighted by molar-refractivity contribution is -0.139. The molecule has 0 heterocycles. The third-order valence-electron chi connectivity index (χ3n) is 2.64. The maximum atomic E-state index is 12.9. The van der Waals surface area contributed by atoms with Crippen molar-refractivity contribution in [1.82, 2.24) is 0 Å². The van der Waals surface area contributed by atoms with Gasteiger partial charge in [0.2, 0.25) is 0 Å². The van der Waals surface area contributed by atoms with Crippen LogP contribution in [0.15, 0.2) is 22.7 Å². The van der Waals surface area contributed by atoms with E-state index in [1.807, 2.05) is 6.92 Å². The summed E-state index contributed by atoms with van der Waals surface area (Å²) >= 11 is 3.05. The van der Waals surface area contributed by atoms with Crippen LogP contribution in [0.5, 0.6) is 5.75 Å². The van der Waals surface area contributed by atoms with Gasteiger partial charge in [0.1, 0.15) is 5.75 Å². The molecule has 0 radical (unpaired) electrons. The predicted octanol–water partition coefficient (Wildman–Crippen LogP) is 5.53. The van der Waals surface area contributed by atoms with Gasteiger partial charge >= 0.3 is 6.18 Å². The topological polar surface area (TPSA) is 9.23 Å². The van der Waals surface area contributed by atoms with E-state index in [9.17, 15) is 13.2 Å². The highest BCUT2D eigenvalue weighted by Crippen LogP contribution is 2.38. The van der Waals surface area contributed by atoms with Crippen LogP contribution in [0.1, 0.15) is 32.8 Å². The molecule has 1 nitrogen and oxygen atoms in total. The maximum absolute atomic E-state index is 12.9. The third-order valence-corrected chi connectivity index (χ3v) is 3.14. The molecule has 0 saturated heterocycles. The Morgan fingerprint density at radius 3 is 2.37 bits per heavy atom. The van der Waals surface area contributed by atoms with Crippen molar-refractivity contribution in [3.05, 3.63) is 28.2 Å². The molecule has 108 valence electrons. The highest BCUT2D eigenvalue weighted by Gasteiger charge is 2.34. The fourth-order valence-corrected chi connectivity index (χ4v) is 2.32. The Morgan fingerprint density at radius 1 is 1.21 bits per heavy atom. The average Bonchev–Trinajstić information content (AvgIpc) is 2.25. The lowest BCUT2D eigenvalue weighted by Gasteiger charge is -2.18. The highest BCUT2D eigenvalue weighted by atomic mass is 79.9. The third kappa shape index (κ3) is 5.43. The van der Waals surface area contributed by atoms with Crippen molar-refractivity contribution in [2.45, 2.75) is 33.4 Å². The molecular weight excluding hydrogens is 321 g/mol. The van der Waals surface area contributed by atoms with Gasteiger partial charge in [-0.1, -0.05) is 36.7 Å². The normalized spacial score (nSPS) is 13.7. The first kappa shape index (κ1) is 16.3. The van der Waals surface area contributed by atoms with E-state index in [1.165, 1.54) is 6.07 Å². The van der Waals surface area contributed by atoms with E-state index in [1.54, 1.807) is 6.07 Å².